The summed E-state index contributed by atoms with van der Waals surface area (Å²) in [5.74, 6) is -0.677. The molecule has 0 bridgehead atoms. The summed E-state index contributed by atoms with van der Waals surface area (Å²) < 4.78 is 62.8. The Morgan fingerprint density at radius 2 is 0.955 bits per heavy atom. The van der Waals surface area contributed by atoms with Crippen molar-refractivity contribution in [2.75, 3.05) is 50.8 Å². The van der Waals surface area contributed by atoms with Crippen molar-refractivity contribution in [1.29, 1.82) is 0 Å². The molecule has 0 aromatic rings. The minimum atomic E-state index is -4.14. The summed E-state index contributed by atoms with van der Waals surface area (Å²) in [4.78, 5) is 4.15. The second-order valence-corrected chi connectivity index (χ2v) is 7.96. The third kappa shape index (κ3) is 14.1. The minimum absolute atomic E-state index is 0. The summed E-state index contributed by atoms with van der Waals surface area (Å²) in [6.07, 6.45) is 0.667. The first-order valence-corrected chi connectivity index (χ1v) is 9.63. The molecule has 1 fully saturated rings. The van der Waals surface area contributed by atoms with Crippen molar-refractivity contribution in [3.63, 3.8) is 0 Å². The fourth-order valence-electron chi connectivity index (χ4n) is 2.17. The molecule has 1 aliphatic rings. The molecular formula is C10H20N2Na2O6S2. The number of rotatable bonds is 8. The van der Waals surface area contributed by atoms with Gasteiger partial charge in [-0.3, -0.25) is 0 Å². The number of hydrogen-bond acceptors (Lipinski definition) is 8. The molecule has 0 spiro atoms. The van der Waals surface area contributed by atoms with E-state index in [1.54, 1.807) is 0 Å². The Bertz CT molecular complexity index is 446. The molecule has 22 heavy (non-hydrogen) atoms. The van der Waals surface area contributed by atoms with Crippen LogP contribution in [0, 0.1) is 0 Å². The van der Waals surface area contributed by atoms with Crippen LogP contribution >= 0.6 is 0 Å². The monoisotopic (exact) mass is 374 g/mol. The standard InChI is InChI=1S/C10H22N2O6S2.2Na/c13-19(14,15)9-1-3-11-5-7-12(8-6-11)4-2-10-20(16,17)18;;/h1-10H2,(H,13,14,15)(H,16,17,18);;/q;2*+1/p-2. The van der Waals surface area contributed by atoms with Crippen molar-refractivity contribution in [3.05, 3.63) is 0 Å². The fraction of sp³-hybridized carbons (Fsp3) is 1.00. The van der Waals surface area contributed by atoms with Crippen molar-refractivity contribution in [1.82, 2.24) is 9.80 Å². The van der Waals surface area contributed by atoms with Crippen LogP contribution < -0.4 is 59.1 Å². The zero-order valence-electron chi connectivity index (χ0n) is 13.2. The molecule has 0 amide bonds. The molecule has 1 saturated heterocycles. The molecule has 1 aliphatic heterocycles. The third-order valence-corrected chi connectivity index (χ3v) is 4.78. The second-order valence-electron chi connectivity index (χ2n) is 4.91. The van der Waals surface area contributed by atoms with Gasteiger partial charge in [0.1, 0.15) is 0 Å². The predicted octanol–water partition coefficient (Wildman–Crippen LogP) is -7.52. The summed E-state index contributed by atoms with van der Waals surface area (Å²) in [5.41, 5.74) is 0. The Kier molecular flexibility index (Phi) is 14.3. The molecule has 0 aromatic carbocycles. The van der Waals surface area contributed by atoms with Gasteiger partial charge in [-0.2, -0.15) is 0 Å². The molecule has 0 unspecified atom stereocenters. The van der Waals surface area contributed by atoms with Crippen LogP contribution in [0.1, 0.15) is 12.8 Å². The van der Waals surface area contributed by atoms with E-state index in [1.165, 1.54) is 0 Å². The quantitative estimate of drug-likeness (QED) is 0.303. The van der Waals surface area contributed by atoms with Gasteiger partial charge in [0.25, 0.3) is 0 Å². The molecule has 12 heteroatoms. The van der Waals surface area contributed by atoms with Gasteiger partial charge in [-0.05, 0) is 25.9 Å². The van der Waals surface area contributed by atoms with Gasteiger partial charge in [-0.1, -0.05) is 0 Å². The summed E-state index contributed by atoms with van der Waals surface area (Å²) in [6.45, 7) is 4.16. The van der Waals surface area contributed by atoms with E-state index >= 15 is 0 Å². The largest absolute Gasteiger partial charge is 1.00 e. The van der Waals surface area contributed by atoms with Crippen LogP contribution in [0.25, 0.3) is 0 Å². The zero-order valence-corrected chi connectivity index (χ0v) is 18.9. The van der Waals surface area contributed by atoms with Crippen LogP contribution in [0.2, 0.25) is 0 Å². The Morgan fingerprint density at radius 3 is 1.18 bits per heavy atom. The Morgan fingerprint density at radius 1 is 0.682 bits per heavy atom. The van der Waals surface area contributed by atoms with Gasteiger partial charge in [0.15, 0.2) is 0 Å². The summed E-state index contributed by atoms with van der Waals surface area (Å²) in [7, 11) is -8.27. The maximum atomic E-state index is 10.5. The molecule has 1 heterocycles. The Balaban J connectivity index is 0. The van der Waals surface area contributed by atoms with Crippen molar-refractivity contribution < 1.29 is 85.1 Å². The number of nitrogens with zero attached hydrogens (tertiary/aromatic N) is 2. The molecule has 0 N–H and O–H groups in total. The first-order chi connectivity index (χ1) is 9.16. The molecule has 0 aliphatic carbocycles. The van der Waals surface area contributed by atoms with E-state index in [4.69, 9.17) is 0 Å². The smallest absolute Gasteiger partial charge is 0.748 e. The molecule has 120 valence electrons. The molecule has 1 rings (SSSR count). The molecule has 0 atom stereocenters. The van der Waals surface area contributed by atoms with E-state index in [0.717, 1.165) is 26.2 Å². The van der Waals surface area contributed by atoms with Gasteiger partial charge < -0.3 is 18.9 Å². The van der Waals surface area contributed by atoms with Crippen LogP contribution in [-0.2, 0) is 20.2 Å². The van der Waals surface area contributed by atoms with Crippen LogP contribution in [0.5, 0.6) is 0 Å². The summed E-state index contributed by atoms with van der Waals surface area (Å²) in [6, 6.07) is 0. The van der Waals surface area contributed by atoms with E-state index < -0.39 is 20.2 Å². The van der Waals surface area contributed by atoms with E-state index in [2.05, 4.69) is 9.80 Å². The number of piperazine rings is 1. The Hall–Kier alpha value is 1.74. The summed E-state index contributed by atoms with van der Waals surface area (Å²) in [5, 5.41) is 0. The van der Waals surface area contributed by atoms with Crippen molar-refractivity contribution in [2.24, 2.45) is 0 Å². The SMILES string of the molecule is O=S(=O)([O-])CCCN1CCN(CCCS(=O)(=O)[O-])CC1.[Na+].[Na+]. The Labute approximate surface area is 177 Å². The maximum Gasteiger partial charge on any atom is 1.00 e. The van der Waals surface area contributed by atoms with E-state index in [0.29, 0.717) is 25.9 Å². The average Bonchev–Trinajstić information content (AvgIpc) is 2.28. The first kappa shape index (κ1) is 26.0. The average molecular weight is 374 g/mol. The molecular weight excluding hydrogens is 354 g/mol. The predicted molar refractivity (Wildman–Crippen MR) is 71.2 cm³/mol. The molecule has 8 nitrogen and oxygen atoms in total. The van der Waals surface area contributed by atoms with Gasteiger partial charge in [-0.25, -0.2) is 16.8 Å². The zero-order chi connectivity index (χ0) is 15.2. The van der Waals surface area contributed by atoms with Gasteiger partial charge in [0, 0.05) is 37.7 Å². The van der Waals surface area contributed by atoms with Crippen LogP contribution in [0.4, 0.5) is 0 Å². The maximum absolute atomic E-state index is 10.5. The minimum Gasteiger partial charge on any atom is -0.748 e. The normalized spacial score (nSPS) is 17.5. The van der Waals surface area contributed by atoms with Crippen LogP contribution in [0.3, 0.4) is 0 Å². The van der Waals surface area contributed by atoms with Crippen molar-refractivity contribution in [2.45, 2.75) is 12.8 Å². The van der Waals surface area contributed by atoms with Gasteiger partial charge in [0.2, 0.25) is 0 Å². The van der Waals surface area contributed by atoms with Gasteiger partial charge in [-0.15, -0.1) is 0 Å². The van der Waals surface area contributed by atoms with Gasteiger partial charge >= 0.3 is 59.1 Å². The second kappa shape index (κ2) is 12.2. The number of hydrogen-bond donors (Lipinski definition) is 0. The van der Waals surface area contributed by atoms with Gasteiger partial charge in [0.05, 0.1) is 20.2 Å². The van der Waals surface area contributed by atoms with Crippen molar-refractivity contribution >= 4 is 20.2 Å². The van der Waals surface area contributed by atoms with Crippen LogP contribution in [-0.4, -0.2) is 86.5 Å². The summed E-state index contributed by atoms with van der Waals surface area (Å²) >= 11 is 0. The van der Waals surface area contributed by atoms with Crippen LogP contribution in [0.15, 0.2) is 0 Å². The van der Waals surface area contributed by atoms with E-state index in [9.17, 15) is 25.9 Å². The fourth-order valence-corrected chi connectivity index (χ4v) is 3.13. The first-order valence-electron chi connectivity index (χ1n) is 6.47. The topological polar surface area (TPSA) is 121 Å². The molecule has 0 saturated carbocycles. The molecule has 0 radical (unpaired) electrons. The van der Waals surface area contributed by atoms with E-state index in [1.807, 2.05) is 0 Å². The molecule has 0 aromatic heterocycles. The van der Waals surface area contributed by atoms with Crippen molar-refractivity contribution in [3.8, 4) is 0 Å². The third-order valence-electron chi connectivity index (χ3n) is 3.20. The van der Waals surface area contributed by atoms with E-state index in [-0.39, 0.29) is 70.6 Å².